The average Bonchev–Trinajstić information content (AvgIpc) is 2.62. The highest BCUT2D eigenvalue weighted by Crippen LogP contribution is 1.98. The molecule has 0 aromatic carbocycles. The first kappa shape index (κ1) is 12.2. The van der Waals surface area contributed by atoms with E-state index in [0.717, 1.165) is 25.3 Å². The van der Waals surface area contributed by atoms with Crippen molar-refractivity contribution in [2.75, 3.05) is 6.54 Å². The Balaban J connectivity index is 2.26. The first-order chi connectivity index (χ1) is 7.22. The van der Waals surface area contributed by atoms with Crippen molar-refractivity contribution < 1.29 is 0 Å². The van der Waals surface area contributed by atoms with Crippen molar-refractivity contribution in [1.29, 1.82) is 0 Å². The van der Waals surface area contributed by atoms with Crippen molar-refractivity contribution in [2.45, 2.75) is 46.7 Å². The zero-order valence-electron chi connectivity index (χ0n) is 10.2. The fourth-order valence-corrected chi connectivity index (χ4v) is 1.43. The molecule has 1 rings (SSSR count). The van der Waals surface area contributed by atoms with E-state index < -0.39 is 0 Å². The summed E-state index contributed by atoms with van der Waals surface area (Å²) in [5.41, 5.74) is 1.15. The second kappa shape index (κ2) is 6.62. The Morgan fingerprint density at radius 3 is 2.93 bits per heavy atom. The number of hydrogen-bond donors (Lipinski definition) is 1. The minimum Gasteiger partial charge on any atom is -0.311 e. The Labute approximate surface area is 92.9 Å². The maximum atomic E-state index is 4.50. The lowest BCUT2D eigenvalue weighted by molar-refractivity contribution is 0.532. The Bertz CT molecular complexity index is 266. The third-order valence-electron chi connectivity index (χ3n) is 2.30. The van der Waals surface area contributed by atoms with Gasteiger partial charge < -0.3 is 5.32 Å². The first-order valence-corrected chi connectivity index (χ1v) is 5.95. The molecule has 0 fully saturated rings. The number of nitrogens with zero attached hydrogens (tertiary/aromatic N) is 2. The van der Waals surface area contributed by atoms with Gasteiger partial charge in [0.05, 0.1) is 5.69 Å². The topological polar surface area (TPSA) is 29.9 Å². The summed E-state index contributed by atoms with van der Waals surface area (Å²) in [4.78, 5) is 0. The molecule has 0 saturated carbocycles. The number of unbranched alkanes of at least 4 members (excludes halogenated alkanes) is 1. The van der Waals surface area contributed by atoms with Gasteiger partial charge in [-0.25, -0.2) is 0 Å². The standard InChI is InChI=1S/C12H23N3/c1-4-5-7-15-8-6-12(14-15)10-13-9-11(2)3/h6,8,11,13H,4-5,7,9-10H2,1-3H3. The fourth-order valence-electron chi connectivity index (χ4n) is 1.43. The van der Waals surface area contributed by atoms with E-state index in [1.165, 1.54) is 12.8 Å². The van der Waals surface area contributed by atoms with Gasteiger partial charge in [-0.1, -0.05) is 27.2 Å². The zero-order chi connectivity index (χ0) is 11.1. The zero-order valence-corrected chi connectivity index (χ0v) is 10.2. The summed E-state index contributed by atoms with van der Waals surface area (Å²) in [6.45, 7) is 9.62. The van der Waals surface area contributed by atoms with Crippen molar-refractivity contribution in [1.82, 2.24) is 15.1 Å². The molecule has 1 N–H and O–H groups in total. The Hall–Kier alpha value is -0.830. The van der Waals surface area contributed by atoms with Gasteiger partial charge in [-0.05, 0) is 24.9 Å². The molecule has 3 nitrogen and oxygen atoms in total. The molecule has 0 spiro atoms. The molecule has 3 heteroatoms. The lowest BCUT2D eigenvalue weighted by Gasteiger charge is -2.05. The molecule has 1 heterocycles. The first-order valence-electron chi connectivity index (χ1n) is 5.95. The second-order valence-corrected chi connectivity index (χ2v) is 4.45. The van der Waals surface area contributed by atoms with Crippen LogP contribution < -0.4 is 5.32 Å². The van der Waals surface area contributed by atoms with Crippen LogP contribution in [0.1, 0.15) is 39.3 Å². The predicted molar refractivity (Wildman–Crippen MR) is 63.7 cm³/mol. The van der Waals surface area contributed by atoms with Gasteiger partial charge in [-0.15, -0.1) is 0 Å². The van der Waals surface area contributed by atoms with Gasteiger partial charge in [0.1, 0.15) is 0 Å². The highest BCUT2D eigenvalue weighted by Gasteiger charge is 1.99. The van der Waals surface area contributed by atoms with Crippen LogP contribution in [0, 0.1) is 5.92 Å². The Morgan fingerprint density at radius 1 is 1.47 bits per heavy atom. The average molecular weight is 209 g/mol. The van der Waals surface area contributed by atoms with Gasteiger partial charge in [0.25, 0.3) is 0 Å². The molecule has 0 unspecified atom stereocenters. The molecule has 0 aliphatic carbocycles. The summed E-state index contributed by atoms with van der Waals surface area (Å²) in [6.07, 6.45) is 4.50. The van der Waals surface area contributed by atoms with E-state index in [0.29, 0.717) is 5.92 Å². The highest BCUT2D eigenvalue weighted by atomic mass is 15.3. The molecule has 15 heavy (non-hydrogen) atoms. The number of nitrogens with one attached hydrogen (secondary N) is 1. The summed E-state index contributed by atoms with van der Waals surface area (Å²) in [7, 11) is 0. The van der Waals surface area contributed by atoms with Crippen molar-refractivity contribution in [3.8, 4) is 0 Å². The SMILES string of the molecule is CCCCn1ccc(CNCC(C)C)n1. The van der Waals surface area contributed by atoms with Gasteiger partial charge in [0.2, 0.25) is 0 Å². The quantitative estimate of drug-likeness (QED) is 0.747. The number of rotatable bonds is 7. The van der Waals surface area contributed by atoms with Gasteiger partial charge in [0.15, 0.2) is 0 Å². The largest absolute Gasteiger partial charge is 0.311 e. The van der Waals surface area contributed by atoms with Crippen LogP contribution in [0.5, 0.6) is 0 Å². The van der Waals surface area contributed by atoms with Crippen LogP contribution in [0.3, 0.4) is 0 Å². The molecule has 0 aliphatic heterocycles. The van der Waals surface area contributed by atoms with Crippen LogP contribution in [-0.2, 0) is 13.1 Å². The smallest absolute Gasteiger partial charge is 0.0762 e. The number of hydrogen-bond acceptors (Lipinski definition) is 2. The van der Waals surface area contributed by atoms with E-state index in [-0.39, 0.29) is 0 Å². The maximum Gasteiger partial charge on any atom is 0.0762 e. The molecule has 0 saturated heterocycles. The highest BCUT2D eigenvalue weighted by molar-refractivity contribution is 4.98. The monoisotopic (exact) mass is 209 g/mol. The van der Waals surface area contributed by atoms with Crippen LogP contribution >= 0.6 is 0 Å². The van der Waals surface area contributed by atoms with Gasteiger partial charge in [0, 0.05) is 19.3 Å². The second-order valence-electron chi connectivity index (χ2n) is 4.45. The molecule has 0 radical (unpaired) electrons. The van der Waals surface area contributed by atoms with Crippen molar-refractivity contribution in [3.05, 3.63) is 18.0 Å². The van der Waals surface area contributed by atoms with Gasteiger partial charge in [-0.2, -0.15) is 5.10 Å². The summed E-state index contributed by atoms with van der Waals surface area (Å²) in [5.74, 6) is 0.701. The molecule has 0 aliphatic rings. The maximum absolute atomic E-state index is 4.50. The molecule has 86 valence electrons. The molecule has 0 amide bonds. The lowest BCUT2D eigenvalue weighted by atomic mass is 10.2. The van der Waals surface area contributed by atoms with Crippen LogP contribution in [0.25, 0.3) is 0 Å². The van der Waals surface area contributed by atoms with Crippen LogP contribution in [-0.4, -0.2) is 16.3 Å². The van der Waals surface area contributed by atoms with E-state index in [4.69, 9.17) is 0 Å². The third-order valence-corrected chi connectivity index (χ3v) is 2.30. The van der Waals surface area contributed by atoms with E-state index >= 15 is 0 Å². The van der Waals surface area contributed by atoms with Crippen LogP contribution in [0.2, 0.25) is 0 Å². The van der Waals surface area contributed by atoms with E-state index in [2.05, 4.69) is 43.4 Å². The minimum atomic E-state index is 0.701. The summed E-state index contributed by atoms with van der Waals surface area (Å²) < 4.78 is 2.04. The van der Waals surface area contributed by atoms with Crippen molar-refractivity contribution in [2.24, 2.45) is 5.92 Å². The van der Waals surface area contributed by atoms with E-state index in [9.17, 15) is 0 Å². The molecule has 0 bridgehead atoms. The fraction of sp³-hybridized carbons (Fsp3) is 0.750. The molecule has 1 aromatic rings. The molecular weight excluding hydrogens is 186 g/mol. The predicted octanol–water partition coefficient (Wildman–Crippen LogP) is 2.43. The van der Waals surface area contributed by atoms with Gasteiger partial charge >= 0.3 is 0 Å². The Kier molecular flexibility index (Phi) is 5.40. The van der Waals surface area contributed by atoms with Crippen molar-refractivity contribution >= 4 is 0 Å². The lowest BCUT2D eigenvalue weighted by Crippen LogP contribution is -2.19. The summed E-state index contributed by atoms with van der Waals surface area (Å²) in [6, 6.07) is 2.10. The number of aromatic nitrogens is 2. The van der Waals surface area contributed by atoms with E-state index in [1.807, 2.05) is 4.68 Å². The molecule has 1 aromatic heterocycles. The summed E-state index contributed by atoms with van der Waals surface area (Å²) in [5, 5.41) is 7.89. The van der Waals surface area contributed by atoms with Crippen molar-refractivity contribution in [3.63, 3.8) is 0 Å². The van der Waals surface area contributed by atoms with Crippen LogP contribution in [0.15, 0.2) is 12.3 Å². The number of aryl methyl sites for hydroxylation is 1. The normalized spacial score (nSPS) is 11.2. The molecule has 0 atom stereocenters. The molecular formula is C12H23N3. The third kappa shape index (κ3) is 4.98. The Morgan fingerprint density at radius 2 is 2.27 bits per heavy atom. The van der Waals surface area contributed by atoms with Gasteiger partial charge in [-0.3, -0.25) is 4.68 Å². The minimum absolute atomic E-state index is 0.701. The summed E-state index contributed by atoms with van der Waals surface area (Å²) >= 11 is 0. The van der Waals surface area contributed by atoms with Crippen LogP contribution in [0.4, 0.5) is 0 Å². The van der Waals surface area contributed by atoms with E-state index in [1.54, 1.807) is 0 Å².